The number of hydrogen-bond donors (Lipinski definition) is 1. The molecule has 2 aliphatic rings. The van der Waals surface area contributed by atoms with E-state index in [4.69, 9.17) is 4.74 Å². The van der Waals surface area contributed by atoms with Crippen molar-refractivity contribution < 1.29 is 4.74 Å². The fraction of sp³-hybridized carbons (Fsp3) is 0.412. The minimum Gasteiger partial charge on any atom is -0.493 e. The Kier molecular flexibility index (Phi) is 3.22. The van der Waals surface area contributed by atoms with Crippen LogP contribution in [0.1, 0.15) is 24.1 Å². The highest BCUT2D eigenvalue weighted by Crippen LogP contribution is 2.28. The van der Waals surface area contributed by atoms with Crippen LogP contribution >= 0.6 is 0 Å². The maximum atomic E-state index is 5.83. The number of benzene rings is 1. The summed E-state index contributed by atoms with van der Waals surface area (Å²) in [7, 11) is 0. The fourth-order valence-corrected chi connectivity index (χ4v) is 2.80. The molecule has 1 aromatic heterocycles. The van der Waals surface area contributed by atoms with Crippen molar-refractivity contribution in [2.24, 2.45) is 5.92 Å². The number of ether oxygens (including phenoxy) is 1. The molecule has 0 spiro atoms. The van der Waals surface area contributed by atoms with Gasteiger partial charge in [-0.1, -0.05) is 18.2 Å². The Labute approximate surface area is 124 Å². The number of nitrogens with zero attached hydrogens (tertiary/aromatic N) is 2. The molecule has 0 unspecified atom stereocenters. The normalized spacial score (nSPS) is 20.5. The molecule has 1 saturated carbocycles. The van der Waals surface area contributed by atoms with Crippen LogP contribution in [0, 0.1) is 5.92 Å². The van der Waals surface area contributed by atoms with Crippen LogP contribution in [0.25, 0.3) is 0 Å². The van der Waals surface area contributed by atoms with Gasteiger partial charge in [-0.2, -0.15) is 5.10 Å². The first-order valence-corrected chi connectivity index (χ1v) is 7.67. The van der Waals surface area contributed by atoms with Crippen LogP contribution in [0.2, 0.25) is 0 Å². The predicted octanol–water partition coefficient (Wildman–Crippen LogP) is 2.84. The maximum absolute atomic E-state index is 5.83. The average molecular weight is 281 g/mol. The van der Waals surface area contributed by atoms with Crippen LogP contribution in [0.3, 0.4) is 0 Å². The topological polar surface area (TPSA) is 47.0 Å². The molecule has 1 N–H and O–H groups in total. The summed E-state index contributed by atoms with van der Waals surface area (Å²) < 4.78 is 5.83. The van der Waals surface area contributed by atoms with Crippen molar-refractivity contribution in [3.63, 3.8) is 0 Å². The summed E-state index contributed by atoms with van der Waals surface area (Å²) in [6, 6.07) is 13.0. The zero-order valence-electron chi connectivity index (χ0n) is 12.0. The number of anilines is 1. The molecule has 0 saturated heterocycles. The van der Waals surface area contributed by atoms with Crippen molar-refractivity contribution in [3.05, 3.63) is 47.7 Å². The van der Waals surface area contributed by atoms with Gasteiger partial charge in [0, 0.05) is 12.0 Å². The lowest BCUT2D eigenvalue weighted by atomic mass is 9.93. The number of nitrogens with one attached hydrogen (secondary N) is 1. The highest BCUT2D eigenvalue weighted by atomic mass is 16.5. The number of para-hydroxylation sites is 1. The summed E-state index contributed by atoms with van der Waals surface area (Å²) in [5.74, 6) is 2.41. The Morgan fingerprint density at radius 2 is 2.00 bits per heavy atom. The zero-order valence-corrected chi connectivity index (χ0v) is 12.0. The lowest BCUT2D eigenvalue weighted by Crippen LogP contribution is -2.23. The van der Waals surface area contributed by atoms with Crippen molar-refractivity contribution >= 4 is 5.82 Å². The van der Waals surface area contributed by atoms with E-state index < -0.39 is 0 Å². The summed E-state index contributed by atoms with van der Waals surface area (Å²) in [6.07, 6.45) is 4.48. The van der Waals surface area contributed by atoms with Crippen molar-refractivity contribution in [2.45, 2.75) is 31.7 Å². The molecule has 4 heteroatoms. The maximum Gasteiger partial charge on any atom is 0.148 e. The fourth-order valence-electron chi connectivity index (χ4n) is 2.80. The van der Waals surface area contributed by atoms with E-state index >= 15 is 0 Å². The second-order valence-corrected chi connectivity index (χ2v) is 6.02. The van der Waals surface area contributed by atoms with Crippen LogP contribution in [-0.4, -0.2) is 22.8 Å². The van der Waals surface area contributed by atoms with E-state index in [9.17, 15) is 0 Å². The van der Waals surface area contributed by atoms with E-state index in [-0.39, 0.29) is 0 Å². The minimum atomic E-state index is 0.483. The number of rotatable bonds is 4. The van der Waals surface area contributed by atoms with Gasteiger partial charge in [0.15, 0.2) is 0 Å². The Balaban J connectivity index is 1.39. The van der Waals surface area contributed by atoms with Crippen molar-refractivity contribution in [1.82, 2.24) is 10.2 Å². The Hall–Kier alpha value is -2.10. The zero-order chi connectivity index (χ0) is 14.1. The van der Waals surface area contributed by atoms with E-state index in [0.717, 1.165) is 36.7 Å². The Morgan fingerprint density at radius 1 is 1.10 bits per heavy atom. The molecule has 2 heterocycles. The van der Waals surface area contributed by atoms with Gasteiger partial charge in [0.25, 0.3) is 0 Å². The largest absolute Gasteiger partial charge is 0.493 e. The first kappa shape index (κ1) is 12.6. The molecule has 4 nitrogen and oxygen atoms in total. The molecule has 108 valence electrons. The van der Waals surface area contributed by atoms with E-state index in [2.05, 4.69) is 33.7 Å². The van der Waals surface area contributed by atoms with Gasteiger partial charge in [0.1, 0.15) is 11.6 Å². The molecule has 21 heavy (non-hydrogen) atoms. The summed E-state index contributed by atoms with van der Waals surface area (Å²) in [4.78, 5) is 0. The van der Waals surface area contributed by atoms with Gasteiger partial charge in [-0.25, -0.2) is 0 Å². The van der Waals surface area contributed by atoms with Gasteiger partial charge < -0.3 is 10.1 Å². The van der Waals surface area contributed by atoms with E-state index in [1.54, 1.807) is 0 Å². The van der Waals surface area contributed by atoms with Gasteiger partial charge >= 0.3 is 0 Å². The van der Waals surface area contributed by atoms with Crippen LogP contribution in [0.5, 0.6) is 5.75 Å². The van der Waals surface area contributed by atoms with Gasteiger partial charge in [-0.05, 0) is 49.4 Å². The molecular weight excluding hydrogens is 262 g/mol. The standard InChI is InChI=1S/C17H19N3O/c1-2-4-16-13(3-1)9-12(11-21-16)10-15-7-8-17(20-19-15)18-14-5-6-14/h1-4,7-8,12,14H,5-6,9-11H2,(H,18,20)/t12-/m1/s1. The molecule has 2 aromatic rings. The van der Waals surface area contributed by atoms with Crippen molar-refractivity contribution in [1.29, 1.82) is 0 Å². The molecule has 0 amide bonds. The van der Waals surface area contributed by atoms with Crippen LogP contribution in [0.4, 0.5) is 5.82 Å². The quantitative estimate of drug-likeness (QED) is 0.936. The molecule has 1 atom stereocenters. The average Bonchev–Trinajstić information content (AvgIpc) is 3.33. The molecule has 0 radical (unpaired) electrons. The molecule has 1 aromatic carbocycles. The van der Waals surface area contributed by atoms with E-state index in [1.807, 2.05) is 18.2 Å². The molecule has 1 fully saturated rings. The lowest BCUT2D eigenvalue weighted by molar-refractivity contribution is 0.220. The smallest absolute Gasteiger partial charge is 0.148 e. The van der Waals surface area contributed by atoms with Crippen molar-refractivity contribution in [3.8, 4) is 5.75 Å². The van der Waals surface area contributed by atoms with Crippen LogP contribution < -0.4 is 10.1 Å². The summed E-state index contributed by atoms with van der Waals surface area (Å²) in [6.45, 7) is 0.765. The summed E-state index contributed by atoms with van der Waals surface area (Å²) in [5.41, 5.74) is 2.35. The number of aromatic nitrogens is 2. The highest BCUT2D eigenvalue weighted by Gasteiger charge is 2.22. The van der Waals surface area contributed by atoms with Gasteiger partial charge in [0.05, 0.1) is 12.3 Å². The van der Waals surface area contributed by atoms with Gasteiger partial charge in [-0.15, -0.1) is 5.10 Å². The first-order valence-electron chi connectivity index (χ1n) is 7.67. The minimum absolute atomic E-state index is 0.483. The molecule has 4 rings (SSSR count). The highest BCUT2D eigenvalue weighted by molar-refractivity contribution is 5.37. The third kappa shape index (κ3) is 2.99. The monoisotopic (exact) mass is 281 g/mol. The molecule has 1 aliphatic heterocycles. The van der Waals surface area contributed by atoms with Crippen LogP contribution in [0.15, 0.2) is 36.4 Å². The molecular formula is C17H19N3O. The number of fused-ring (bicyclic) bond motifs is 1. The Morgan fingerprint density at radius 3 is 2.81 bits per heavy atom. The third-order valence-corrected chi connectivity index (χ3v) is 4.10. The summed E-state index contributed by atoms with van der Waals surface area (Å²) in [5, 5.41) is 12.0. The van der Waals surface area contributed by atoms with Gasteiger partial charge in [0.2, 0.25) is 0 Å². The predicted molar refractivity (Wildman–Crippen MR) is 81.5 cm³/mol. The second kappa shape index (κ2) is 5.35. The first-order chi connectivity index (χ1) is 10.4. The third-order valence-electron chi connectivity index (χ3n) is 4.10. The molecule has 0 bridgehead atoms. The molecule has 1 aliphatic carbocycles. The summed E-state index contributed by atoms with van der Waals surface area (Å²) >= 11 is 0. The van der Waals surface area contributed by atoms with Gasteiger partial charge in [-0.3, -0.25) is 0 Å². The van der Waals surface area contributed by atoms with Crippen LogP contribution in [-0.2, 0) is 12.8 Å². The Bertz CT molecular complexity index is 622. The second-order valence-electron chi connectivity index (χ2n) is 6.02. The van der Waals surface area contributed by atoms with Crippen molar-refractivity contribution in [2.75, 3.05) is 11.9 Å². The number of hydrogen-bond acceptors (Lipinski definition) is 4. The van der Waals surface area contributed by atoms with E-state index in [1.165, 1.54) is 18.4 Å². The van der Waals surface area contributed by atoms with E-state index in [0.29, 0.717) is 12.0 Å². The lowest BCUT2D eigenvalue weighted by Gasteiger charge is -2.24. The SMILES string of the molecule is c1ccc2c(c1)C[C@H](Cc1ccc(NC3CC3)nn1)CO2.